The van der Waals surface area contributed by atoms with Crippen molar-refractivity contribution in [2.24, 2.45) is 0 Å². The third-order valence-electron chi connectivity index (χ3n) is 4.31. The molecule has 0 saturated carbocycles. The average molecular weight is 380 g/mol. The SMILES string of the molecule is CCCNc1ccc(CNc2ncnc3cc(NCC)c([N+](=O)[O-])cc23)cc1. The number of hydrogen-bond acceptors (Lipinski definition) is 7. The molecule has 0 saturated heterocycles. The van der Waals surface area contributed by atoms with Crippen LogP contribution in [0.3, 0.4) is 0 Å². The number of fused-ring (bicyclic) bond motifs is 1. The Morgan fingerprint density at radius 3 is 2.50 bits per heavy atom. The van der Waals surface area contributed by atoms with Gasteiger partial charge >= 0.3 is 0 Å². The molecule has 0 radical (unpaired) electrons. The van der Waals surface area contributed by atoms with Crippen molar-refractivity contribution >= 4 is 33.8 Å². The Morgan fingerprint density at radius 1 is 1.04 bits per heavy atom. The topological polar surface area (TPSA) is 105 Å². The zero-order valence-electron chi connectivity index (χ0n) is 16.0. The van der Waals surface area contributed by atoms with Gasteiger partial charge < -0.3 is 16.0 Å². The highest BCUT2D eigenvalue weighted by molar-refractivity contribution is 5.94. The van der Waals surface area contributed by atoms with E-state index in [-0.39, 0.29) is 5.69 Å². The van der Waals surface area contributed by atoms with Crippen LogP contribution in [0.25, 0.3) is 10.9 Å². The Morgan fingerprint density at radius 2 is 1.82 bits per heavy atom. The lowest BCUT2D eigenvalue weighted by Gasteiger charge is -2.11. The van der Waals surface area contributed by atoms with Crippen molar-refractivity contribution in [1.29, 1.82) is 0 Å². The molecule has 8 nitrogen and oxygen atoms in total. The molecule has 0 aliphatic rings. The highest BCUT2D eigenvalue weighted by atomic mass is 16.6. The fourth-order valence-corrected chi connectivity index (χ4v) is 2.91. The molecular formula is C20H24N6O2. The van der Waals surface area contributed by atoms with Crippen LogP contribution in [0.4, 0.5) is 22.9 Å². The maximum atomic E-state index is 11.4. The van der Waals surface area contributed by atoms with Gasteiger partial charge in [0.15, 0.2) is 0 Å². The van der Waals surface area contributed by atoms with Crippen molar-refractivity contribution in [3.8, 4) is 0 Å². The highest BCUT2D eigenvalue weighted by Crippen LogP contribution is 2.32. The van der Waals surface area contributed by atoms with Crippen LogP contribution in [0.2, 0.25) is 0 Å². The molecular weight excluding hydrogens is 356 g/mol. The number of anilines is 3. The summed E-state index contributed by atoms with van der Waals surface area (Å²) in [4.78, 5) is 19.6. The van der Waals surface area contributed by atoms with E-state index >= 15 is 0 Å². The highest BCUT2D eigenvalue weighted by Gasteiger charge is 2.17. The average Bonchev–Trinajstić information content (AvgIpc) is 2.71. The van der Waals surface area contributed by atoms with Crippen LogP contribution in [-0.2, 0) is 6.54 Å². The van der Waals surface area contributed by atoms with Gasteiger partial charge in [-0.1, -0.05) is 19.1 Å². The van der Waals surface area contributed by atoms with E-state index in [9.17, 15) is 10.1 Å². The van der Waals surface area contributed by atoms with Crippen molar-refractivity contribution in [3.05, 3.63) is 58.4 Å². The quantitative estimate of drug-likeness (QED) is 0.373. The van der Waals surface area contributed by atoms with Crippen LogP contribution in [0.15, 0.2) is 42.7 Å². The van der Waals surface area contributed by atoms with Gasteiger partial charge in [-0.3, -0.25) is 10.1 Å². The Kier molecular flexibility index (Phi) is 6.21. The normalized spacial score (nSPS) is 10.6. The summed E-state index contributed by atoms with van der Waals surface area (Å²) in [6, 6.07) is 11.4. The van der Waals surface area contributed by atoms with Crippen molar-refractivity contribution in [1.82, 2.24) is 9.97 Å². The number of benzene rings is 2. The van der Waals surface area contributed by atoms with Gasteiger partial charge in [-0.25, -0.2) is 9.97 Å². The minimum atomic E-state index is -0.393. The van der Waals surface area contributed by atoms with Gasteiger partial charge in [-0.15, -0.1) is 0 Å². The first kappa shape index (κ1) is 19.3. The molecule has 28 heavy (non-hydrogen) atoms. The predicted octanol–water partition coefficient (Wildman–Crippen LogP) is 4.40. The molecule has 3 aromatic rings. The molecule has 0 unspecified atom stereocenters. The van der Waals surface area contributed by atoms with E-state index in [1.165, 1.54) is 12.4 Å². The lowest BCUT2D eigenvalue weighted by atomic mass is 10.1. The maximum Gasteiger partial charge on any atom is 0.293 e. The van der Waals surface area contributed by atoms with E-state index < -0.39 is 4.92 Å². The van der Waals surface area contributed by atoms with Gasteiger partial charge in [-0.2, -0.15) is 0 Å². The van der Waals surface area contributed by atoms with Crippen LogP contribution in [-0.4, -0.2) is 28.0 Å². The molecule has 0 spiro atoms. The van der Waals surface area contributed by atoms with Crippen LogP contribution in [0.1, 0.15) is 25.8 Å². The zero-order chi connectivity index (χ0) is 19.9. The number of nitro groups is 1. The van der Waals surface area contributed by atoms with Crippen molar-refractivity contribution in [3.63, 3.8) is 0 Å². The van der Waals surface area contributed by atoms with Crippen LogP contribution in [0, 0.1) is 10.1 Å². The van der Waals surface area contributed by atoms with Gasteiger partial charge in [0.05, 0.1) is 10.4 Å². The summed E-state index contributed by atoms with van der Waals surface area (Å²) in [5.41, 5.74) is 3.30. The van der Waals surface area contributed by atoms with Crippen LogP contribution in [0.5, 0.6) is 0 Å². The summed E-state index contributed by atoms with van der Waals surface area (Å²) in [6.07, 6.45) is 2.54. The molecule has 3 N–H and O–H groups in total. The smallest absolute Gasteiger partial charge is 0.293 e. The predicted molar refractivity (Wildman–Crippen MR) is 113 cm³/mol. The van der Waals surface area contributed by atoms with E-state index in [1.807, 2.05) is 31.2 Å². The molecule has 3 rings (SSSR count). The van der Waals surface area contributed by atoms with Gasteiger partial charge in [0, 0.05) is 36.8 Å². The summed E-state index contributed by atoms with van der Waals surface area (Å²) in [5.74, 6) is 0.573. The standard InChI is InChI=1S/C20H24N6O2/c1-3-9-22-15-7-5-14(6-8-15)12-23-20-16-10-19(26(27)28)18(21-4-2)11-17(16)24-13-25-20/h5-8,10-11,13,21-22H,3-4,9,12H2,1-2H3,(H,23,24,25). The number of nitro benzene ring substituents is 1. The second-order valence-electron chi connectivity index (χ2n) is 6.37. The Hall–Kier alpha value is -3.42. The summed E-state index contributed by atoms with van der Waals surface area (Å²) >= 11 is 0. The molecule has 1 heterocycles. The van der Waals surface area contributed by atoms with E-state index in [4.69, 9.17) is 0 Å². The lowest BCUT2D eigenvalue weighted by molar-refractivity contribution is -0.383. The number of nitrogens with one attached hydrogen (secondary N) is 3. The minimum Gasteiger partial charge on any atom is -0.385 e. The van der Waals surface area contributed by atoms with Gasteiger partial charge in [0.25, 0.3) is 5.69 Å². The molecule has 0 atom stereocenters. The molecule has 0 amide bonds. The van der Waals surface area contributed by atoms with Gasteiger partial charge in [0.2, 0.25) is 0 Å². The van der Waals surface area contributed by atoms with E-state index in [2.05, 4.69) is 32.8 Å². The lowest BCUT2D eigenvalue weighted by Crippen LogP contribution is -2.05. The Labute approximate surface area is 163 Å². The Balaban J connectivity index is 1.82. The summed E-state index contributed by atoms with van der Waals surface area (Å²) in [7, 11) is 0. The number of rotatable bonds is 9. The molecule has 0 bridgehead atoms. The van der Waals surface area contributed by atoms with Crippen LogP contribution < -0.4 is 16.0 Å². The second kappa shape index (κ2) is 8.98. The van der Waals surface area contributed by atoms with Crippen LogP contribution >= 0.6 is 0 Å². The van der Waals surface area contributed by atoms with E-state index in [0.29, 0.717) is 35.5 Å². The fourth-order valence-electron chi connectivity index (χ4n) is 2.91. The molecule has 146 valence electrons. The van der Waals surface area contributed by atoms with Crippen molar-refractivity contribution in [2.45, 2.75) is 26.8 Å². The minimum absolute atomic E-state index is 0.0125. The number of nitrogens with zero attached hydrogens (tertiary/aromatic N) is 3. The van der Waals surface area contributed by atoms with Crippen molar-refractivity contribution < 1.29 is 4.92 Å². The fraction of sp³-hybridized carbons (Fsp3) is 0.300. The molecule has 2 aromatic carbocycles. The first-order chi connectivity index (χ1) is 13.6. The number of aromatic nitrogens is 2. The van der Waals surface area contributed by atoms with E-state index in [1.54, 1.807) is 6.07 Å². The van der Waals surface area contributed by atoms with Gasteiger partial charge in [-0.05, 0) is 37.1 Å². The molecule has 8 heteroatoms. The largest absolute Gasteiger partial charge is 0.385 e. The molecule has 0 aliphatic heterocycles. The second-order valence-corrected chi connectivity index (χ2v) is 6.37. The zero-order valence-corrected chi connectivity index (χ0v) is 16.0. The molecule has 0 fully saturated rings. The summed E-state index contributed by atoms with van der Waals surface area (Å²) < 4.78 is 0. The molecule has 1 aromatic heterocycles. The third-order valence-corrected chi connectivity index (χ3v) is 4.31. The maximum absolute atomic E-state index is 11.4. The Bertz CT molecular complexity index is 959. The molecule has 0 aliphatic carbocycles. The summed E-state index contributed by atoms with van der Waals surface area (Å²) in [5, 5.41) is 21.7. The van der Waals surface area contributed by atoms with Gasteiger partial charge in [0.1, 0.15) is 17.8 Å². The third kappa shape index (κ3) is 4.46. The van der Waals surface area contributed by atoms with Crippen molar-refractivity contribution in [2.75, 3.05) is 29.0 Å². The monoisotopic (exact) mass is 380 g/mol. The first-order valence-corrected chi connectivity index (χ1v) is 9.36. The first-order valence-electron chi connectivity index (χ1n) is 9.36. The summed E-state index contributed by atoms with van der Waals surface area (Å²) in [6.45, 7) is 6.11. The van der Waals surface area contributed by atoms with E-state index in [0.717, 1.165) is 24.2 Å². The number of hydrogen-bond donors (Lipinski definition) is 3.